The molecule has 4 N–H and O–H groups in total. The summed E-state index contributed by atoms with van der Waals surface area (Å²) < 4.78 is 0. The van der Waals surface area contributed by atoms with Crippen LogP contribution in [0.5, 0.6) is 0 Å². The highest BCUT2D eigenvalue weighted by atomic mass is 16.1. The third-order valence-corrected chi connectivity index (χ3v) is 2.08. The molecule has 0 aliphatic heterocycles. The Balaban J connectivity index is 2.68. The van der Waals surface area contributed by atoms with Crippen molar-refractivity contribution < 1.29 is 4.79 Å². The first-order chi connectivity index (χ1) is 7.70. The Hall–Kier alpha value is -2.50. The number of amides is 1. The zero-order valence-corrected chi connectivity index (χ0v) is 8.29. The maximum atomic E-state index is 11.2. The molecule has 0 radical (unpaired) electrons. The number of rotatable bonds is 2. The fourth-order valence-corrected chi connectivity index (χ4v) is 1.39. The van der Waals surface area contributed by atoms with Crippen molar-refractivity contribution in [3.63, 3.8) is 0 Å². The van der Waals surface area contributed by atoms with E-state index in [0.29, 0.717) is 22.6 Å². The Morgan fingerprint density at radius 2 is 1.88 bits per heavy atom. The van der Waals surface area contributed by atoms with Crippen molar-refractivity contribution in [2.24, 2.45) is 5.73 Å². The zero-order valence-electron chi connectivity index (χ0n) is 8.29. The fourth-order valence-electron chi connectivity index (χ4n) is 1.39. The van der Waals surface area contributed by atoms with Crippen LogP contribution in [0.15, 0.2) is 30.9 Å². The van der Waals surface area contributed by atoms with Gasteiger partial charge < -0.3 is 11.5 Å². The molecule has 0 aliphatic rings. The van der Waals surface area contributed by atoms with Crippen LogP contribution < -0.4 is 11.5 Å². The minimum absolute atomic E-state index is 0.297. The van der Waals surface area contributed by atoms with Gasteiger partial charge in [0, 0.05) is 5.69 Å². The number of nitrogens with two attached hydrogens (primary N) is 2. The van der Waals surface area contributed by atoms with E-state index < -0.39 is 5.91 Å². The van der Waals surface area contributed by atoms with Gasteiger partial charge in [0.25, 0.3) is 0 Å². The Bertz CT molecular complexity index is 526. The van der Waals surface area contributed by atoms with Crippen molar-refractivity contribution in [2.45, 2.75) is 0 Å². The molecule has 6 nitrogen and oxygen atoms in total. The van der Waals surface area contributed by atoms with Gasteiger partial charge in [-0.1, -0.05) is 6.07 Å². The van der Waals surface area contributed by atoms with E-state index in [1.807, 2.05) is 0 Å². The van der Waals surface area contributed by atoms with Crippen LogP contribution in [-0.4, -0.2) is 20.9 Å². The fraction of sp³-hybridized carbons (Fsp3) is 0. The molecule has 6 heteroatoms. The van der Waals surface area contributed by atoms with E-state index in [1.165, 1.54) is 12.7 Å². The van der Waals surface area contributed by atoms with E-state index in [9.17, 15) is 4.79 Å². The van der Waals surface area contributed by atoms with Crippen molar-refractivity contribution in [2.75, 3.05) is 5.73 Å². The van der Waals surface area contributed by atoms with E-state index in [1.54, 1.807) is 18.2 Å². The summed E-state index contributed by atoms with van der Waals surface area (Å²) in [7, 11) is 0. The number of aromatic nitrogens is 3. The summed E-state index contributed by atoms with van der Waals surface area (Å²) in [5.41, 5.74) is 12.2. The molecule has 16 heavy (non-hydrogen) atoms. The average Bonchev–Trinajstić information content (AvgIpc) is 2.29. The standard InChI is InChI=1S/C10H9N5O/c11-7-3-1-2-6(9(12)16)8(7)10-14-4-13-5-15-10/h1-5H,11H2,(H2,12,16). The third-order valence-electron chi connectivity index (χ3n) is 2.08. The summed E-state index contributed by atoms with van der Waals surface area (Å²) in [6, 6.07) is 4.89. The van der Waals surface area contributed by atoms with Gasteiger partial charge in [-0.15, -0.1) is 0 Å². The number of carbonyl (C=O) groups is 1. The summed E-state index contributed by atoms with van der Waals surface area (Å²) in [6.45, 7) is 0. The smallest absolute Gasteiger partial charge is 0.249 e. The first kappa shape index (κ1) is 10.0. The van der Waals surface area contributed by atoms with Gasteiger partial charge >= 0.3 is 0 Å². The van der Waals surface area contributed by atoms with E-state index in [2.05, 4.69) is 15.0 Å². The molecule has 1 aromatic carbocycles. The maximum Gasteiger partial charge on any atom is 0.249 e. The van der Waals surface area contributed by atoms with Gasteiger partial charge in [0.05, 0.1) is 11.1 Å². The molecular formula is C10H9N5O. The Morgan fingerprint density at radius 1 is 1.19 bits per heavy atom. The molecule has 0 saturated heterocycles. The van der Waals surface area contributed by atoms with Gasteiger partial charge in [0.1, 0.15) is 12.7 Å². The molecule has 0 unspecified atom stereocenters. The number of hydrogen-bond donors (Lipinski definition) is 2. The van der Waals surface area contributed by atoms with Crippen LogP contribution >= 0.6 is 0 Å². The van der Waals surface area contributed by atoms with Crippen LogP contribution in [0.25, 0.3) is 11.4 Å². The van der Waals surface area contributed by atoms with Crippen LogP contribution in [0.4, 0.5) is 5.69 Å². The topological polar surface area (TPSA) is 108 Å². The third kappa shape index (κ3) is 1.68. The van der Waals surface area contributed by atoms with Crippen LogP contribution in [0.2, 0.25) is 0 Å². The van der Waals surface area contributed by atoms with Gasteiger partial charge in [0.2, 0.25) is 5.91 Å². The van der Waals surface area contributed by atoms with Crippen LogP contribution in [0.1, 0.15) is 10.4 Å². The van der Waals surface area contributed by atoms with Crippen molar-refractivity contribution in [3.05, 3.63) is 36.4 Å². The molecule has 0 bridgehead atoms. The largest absolute Gasteiger partial charge is 0.398 e. The van der Waals surface area contributed by atoms with Gasteiger partial charge in [0.15, 0.2) is 5.82 Å². The van der Waals surface area contributed by atoms with Gasteiger partial charge in [-0.2, -0.15) is 0 Å². The lowest BCUT2D eigenvalue weighted by Crippen LogP contribution is -2.14. The molecule has 2 aromatic rings. The lowest BCUT2D eigenvalue weighted by atomic mass is 10.0. The second-order valence-electron chi connectivity index (χ2n) is 3.10. The second-order valence-corrected chi connectivity index (χ2v) is 3.10. The molecule has 0 fully saturated rings. The number of primary amides is 1. The second kappa shape index (κ2) is 3.93. The van der Waals surface area contributed by atoms with E-state index in [-0.39, 0.29) is 0 Å². The maximum absolute atomic E-state index is 11.2. The molecule has 0 aliphatic carbocycles. The Kier molecular flexibility index (Phi) is 2.47. The SMILES string of the molecule is NC(=O)c1cccc(N)c1-c1ncncn1. The number of carbonyl (C=O) groups excluding carboxylic acids is 1. The van der Waals surface area contributed by atoms with Gasteiger partial charge in [-0.25, -0.2) is 15.0 Å². The quantitative estimate of drug-likeness (QED) is 0.696. The molecule has 0 spiro atoms. The average molecular weight is 215 g/mol. The van der Waals surface area contributed by atoms with E-state index in [0.717, 1.165) is 0 Å². The molecule has 1 heterocycles. The number of benzene rings is 1. The zero-order chi connectivity index (χ0) is 11.5. The first-order valence-corrected chi connectivity index (χ1v) is 4.51. The van der Waals surface area contributed by atoms with Crippen molar-refractivity contribution in [1.29, 1.82) is 0 Å². The van der Waals surface area contributed by atoms with Gasteiger partial charge in [-0.05, 0) is 12.1 Å². The Morgan fingerprint density at radius 3 is 2.50 bits per heavy atom. The highest BCUT2D eigenvalue weighted by molar-refractivity contribution is 6.01. The molecule has 0 saturated carbocycles. The summed E-state index contributed by atoms with van der Waals surface area (Å²) >= 11 is 0. The molecule has 0 atom stereocenters. The number of hydrogen-bond acceptors (Lipinski definition) is 5. The predicted molar refractivity (Wildman–Crippen MR) is 58.2 cm³/mol. The monoisotopic (exact) mass is 215 g/mol. The lowest BCUT2D eigenvalue weighted by molar-refractivity contribution is 0.100. The van der Waals surface area contributed by atoms with Crippen LogP contribution in [0, 0.1) is 0 Å². The van der Waals surface area contributed by atoms with E-state index >= 15 is 0 Å². The van der Waals surface area contributed by atoms with E-state index in [4.69, 9.17) is 11.5 Å². The summed E-state index contributed by atoms with van der Waals surface area (Å²) in [5.74, 6) is -0.232. The van der Waals surface area contributed by atoms with Crippen molar-refractivity contribution in [1.82, 2.24) is 15.0 Å². The molecule has 80 valence electrons. The first-order valence-electron chi connectivity index (χ1n) is 4.51. The number of nitrogens with zero attached hydrogens (tertiary/aromatic N) is 3. The highest BCUT2D eigenvalue weighted by Gasteiger charge is 2.14. The Labute approximate surface area is 91.4 Å². The van der Waals surface area contributed by atoms with Crippen LogP contribution in [0.3, 0.4) is 0 Å². The molecule has 2 rings (SSSR count). The predicted octanol–water partition coefficient (Wildman–Crippen LogP) is 0.220. The minimum Gasteiger partial charge on any atom is -0.398 e. The molecule has 1 amide bonds. The number of anilines is 1. The van der Waals surface area contributed by atoms with Gasteiger partial charge in [-0.3, -0.25) is 4.79 Å². The molecule has 1 aromatic heterocycles. The van der Waals surface area contributed by atoms with Crippen LogP contribution in [-0.2, 0) is 0 Å². The normalized spacial score (nSPS) is 10.0. The van der Waals surface area contributed by atoms with Crippen molar-refractivity contribution in [3.8, 4) is 11.4 Å². The van der Waals surface area contributed by atoms with Crippen molar-refractivity contribution >= 4 is 11.6 Å². The number of nitrogen functional groups attached to an aromatic ring is 1. The minimum atomic E-state index is -0.567. The summed E-state index contributed by atoms with van der Waals surface area (Å²) in [4.78, 5) is 22.8. The highest BCUT2D eigenvalue weighted by Crippen LogP contribution is 2.25. The summed E-state index contributed by atoms with van der Waals surface area (Å²) in [5, 5.41) is 0. The lowest BCUT2D eigenvalue weighted by Gasteiger charge is -2.07. The summed E-state index contributed by atoms with van der Waals surface area (Å²) in [6.07, 6.45) is 2.67. The molecular weight excluding hydrogens is 206 g/mol.